The van der Waals surface area contributed by atoms with E-state index in [-0.39, 0.29) is 5.78 Å². The summed E-state index contributed by atoms with van der Waals surface area (Å²) >= 11 is 0. The predicted octanol–water partition coefficient (Wildman–Crippen LogP) is 2.38. The SMILES string of the molecule is CCOc1ccc(C(=O)C(CC)C(=O)O)cc1. The van der Waals surface area contributed by atoms with E-state index >= 15 is 0 Å². The molecule has 0 heterocycles. The van der Waals surface area contributed by atoms with E-state index in [1.54, 1.807) is 31.2 Å². The summed E-state index contributed by atoms with van der Waals surface area (Å²) in [5, 5.41) is 8.90. The Bertz CT molecular complexity index is 394. The standard InChI is InChI=1S/C13H16O4/c1-3-11(13(15)16)12(14)9-5-7-10(8-6-9)17-4-2/h5-8,11H,3-4H2,1-2H3,(H,15,16). The van der Waals surface area contributed by atoms with Crippen molar-refractivity contribution in [1.82, 2.24) is 0 Å². The smallest absolute Gasteiger partial charge is 0.314 e. The highest BCUT2D eigenvalue weighted by molar-refractivity contribution is 6.08. The van der Waals surface area contributed by atoms with E-state index < -0.39 is 11.9 Å². The van der Waals surface area contributed by atoms with Gasteiger partial charge in [0, 0.05) is 5.56 Å². The van der Waals surface area contributed by atoms with Crippen LogP contribution in [0.1, 0.15) is 30.6 Å². The summed E-state index contributed by atoms with van der Waals surface area (Å²) in [6, 6.07) is 6.54. The molecule has 4 heteroatoms. The summed E-state index contributed by atoms with van der Waals surface area (Å²) in [4.78, 5) is 22.7. The maximum atomic E-state index is 11.9. The van der Waals surface area contributed by atoms with Crippen LogP contribution in [-0.2, 0) is 4.79 Å². The number of rotatable bonds is 6. The summed E-state index contributed by atoms with van der Waals surface area (Å²) in [5.41, 5.74) is 0.405. The molecule has 0 bridgehead atoms. The average molecular weight is 236 g/mol. The van der Waals surface area contributed by atoms with Gasteiger partial charge < -0.3 is 9.84 Å². The highest BCUT2D eigenvalue weighted by Crippen LogP contribution is 2.17. The van der Waals surface area contributed by atoms with Crippen LogP contribution in [-0.4, -0.2) is 23.5 Å². The monoisotopic (exact) mass is 236 g/mol. The third-order valence-electron chi connectivity index (χ3n) is 2.47. The van der Waals surface area contributed by atoms with Gasteiger partial charge in [-0.3, -0.25) is 9.59 Å². The van der Waals surface area contributed by atoms with Crippen molar-refractivity contribution in [1.29, 1.82) is 0 Å². The summed E-state index contributed by atoms with van der Waals surface area (Å²) in [7, 11) is 0. The van der Waals surface area contributed by atoms with E-state index in [9.17, 15) is 9.59 Å². The number of hydrogen-bond donors (Lipinski definition) is 1. The zero-order valence-corrected chi connectivity index (χ0v) is 9.97. The van der Waals surface area contributed by atoms with Crippen LogP contribution in [0.3, 0.4) is 0 Å². The van der Waals surface area contributed by atoms with Gasteiger partial charge in [-0.05, 0) is 37.6 Å². The molecular formula is C13H16O4. The van der Waals surface area contributed by atoms with E-state index in [1.807, 2.05) is 6.92 Å². The fourth-order valence-corrected chi connectivity index (χ4v) is 1.56. The van der Waals surface area contributed by atoms with E-state index in [2.05, 4.69) is 0 Å². The van der Waals surface area contributed by atoms with Gasteiger partial charge in [0.05, 0.1) is 6.61 Å². The number of ether oxygens (including phenoxy) is 1. The molecule has 0 aliphatic heterocycles. The number of carboxylic acid groups (broad SMARTS) is 1. The van der Waals surface area contributed by atoms with Crippen LogP contribution >= 0.6 is 0 Å². The number of aliphatic carboxylic acids is 1. The summed E-state index contributed by atoms with van der Waals surface area (Å²) < 4.78 is 5.25. The quantitative estimate of drug-likeness (QED) is 0.608. The molecule has 0 spiro atoms. The van der Waals surface area contributed by atoms with Crippen molar-refractivity contribution >= 4 is 11.8 Å². The van der Waals surface area contributed by atoms with Crippen LogP contribution in [0.15, 0.2) is 24.3 Å². The van der Waals surface area contributed by atoms with Gasteiger partial charge in [-0.2, -0.15) is 0 Å². The Labute approximate surface area is 100 Å². The Morgan fingerprint density at radius 2 is 1.82 bits per heavy atom. The molecule has 0 aliphatic rings. The van der Waals surface area contributed by atoms with Crippen LogP contribution in [0, 0.1) is 5.92 Å². The van der Waals surface area contributed by atoms with E-state index in [0.717, 1.165) is 0 Å². The summed E-state index contributed by atoms with van der Waals surface area (Å²) in [5.74, 6) is -1.73. The second-order valence-electron chi connectivity index (χ2n) is 3.62. The molecule has 1 aromatic rings. The molecule has 0 fully saturated rings. The van der Waals surface area contributed by atoms with Crippen molar-refractivity contribution in [3.63, 3.8) is 0 Å². The van der Waals surface area contributed by atoms with Gasteiger partial charge in [-0.1, -0.05) is 6.92 Å². The molecule has 1 aromatic carbocycles. The van der Waals surface area contributed by atoms with Crippen LogP contribution in [0.25, 0.3) is 0 Å². The Balaban J connectivity index is 2.85. The molecule has 92 valence electrons. The average Bonchev–Trinajstić information content (AvgIpc) is 2.30. The van der Waals surface area contributed by atoms with Gasteiger partial charge in [-0.25, -0.2) is 0 Å². The Morgan fingerprint density at radius 1 is 1.24 bits per heavy atom. The number of Topliss-reactive ketones (excluding diaryl/α,β-unsaturated/α-hetero) is 1. The van der Waals surface area contributed by atoms with Crippen molar-refractivity contribution in [2.24, 2.45) is 5.92 Å². The van der Waals surface area contributed by atoms with Crippen molar-refractivity contribution in [2.45, 2.75) is 20.3 Å². The molecule has 4 nitrogen and oxygen atoms in total. The zero-order valence-electron chi connectivity index (χ0n) is 9.97. The first-order chi connectivity index (χ1) is 8.10. The van der Waals surface area contributed by atoms with Crippen molar-refractivity contribution in [3.05, 3.63) is 29.8 Å². The van der Waals surface area contributed by atoms with Gasteiger partial charge in [0.25, 0.3) is 0 Å². The fourth-order valence-electron chi connectivity index (χ4n) is 1.56. The number of carbonyl (C=O) groups is 2. The Hall–Kier alpha value is -1.84. The first kappa shape index (κ1) is 13.2. The van der Waals surface area contributed by atoms with Gasteiger partial charge in [-0.15, -0.1) is 0 Å². The van der Waals surface area contributed by atoms with Crippen molar-refractivity contribution in [2.75, 3.05) is 6.61 Å². The molecule has 1 N–H and O–H groups in total. The second kappa shape index (κ2) is 6.03. The number of carbonyl (C=O) groups excluding carboxylic acids is 1. The molecule has 1 unspecified atom stereocenters. The number of hydrogen-bond acceptors (Lipinski definition) is 3. The minimum absolute atomic E-state index is 0.293. The van der Waals surface area contributed by atoms with Crippen LogP contribution in [0.4, 0.5) is 0 Å². The highest BCUT2D eigenvalue weighted by Gasteiger charge is 2.25. The van der Waals surface area contributed by atoms with Crippen LogP contribution in [0.5, 0.6) is 5.75 Å². The van der Waals surface area contributed by atoms with Gasteiger partial charge >= 0.3 is 5.97 Å². The van der Waals surface area contributed by atoms with E-state index in [4.69, 9.17) is 9.84 Å². The van der Waals surface area contributed by atoms with Crippen molar-refractivity contribution in [3.8, 4) is 5.75 Å². The third kappa shape index (κ3) is 3.31. The zero-order chi connectivity index (χ0) is 12.8. The first-order valence-corrected chi connectivity index (χ1v) is 5.60. The Morgan fingerprint density at radius 3 is 2.24 bits per heavy atom. The first-order valence-electron chi connectivity index (χ1n) is 5.60. The lowest BCUT2D eigenvalue weighted by molar-refractivity contribution is -0.140. The molecule has 0 aliphatic carbocycles. The lowest BCUT2D eigenvalue weighted by atomic mass is 9.95. The normalized spacial score (nSPS) is 11.9. The number of carboxylic acids is 1. The molecule has 0 radical (unpaired) electrons. The third-order valence-corrected chi connectivity index (χ3v) is 2.47. The number of benzene rings is 1. The molecule has 0 aromatic heterocycles. The van der Waals surface area contributed by atoms with Gasteiger partial charge in [0.1, 0.15) is 11.7 Å². The number of ketones is 1. The largest absolute Gasteiger partial charge is 0.494 e. The molecular weight excluding hydrogens is 220 g/mol. The Kier molecular flexibility index (Phi) is 4.69. The summed E-state index contributed by atoms with van der Waals surface area (Å²) in [6.45, 7) is 4.11. The van der Waals surface area contributed by atoms with E-state index in [1.165, 1.54) is 0 Å². The maximum absolute atomic E-state index is 11.9. The lowest BCUT2D eigenvalue weighted by Gasteiger charge is -2.09. The molecule has 1 atom stereocenters. The summed E-state index contributed by atoms with van der Waals surface area (Å²) in [6.07, 6.45) is 0.293. The molecule has 17 heavy (non-hydrogen) atoms. The predicted molar refractivity (Wildman–Crippen MR) is 63.4 cm³/mol. The fraction of sp³-hybridized carbons (Fsp3) is 0.385. The van der Waals surface area contributed by atoms with Crippen LogP contribution in [0.2, 0.25) is 0 Å². The minimum atomic E-state index is -1.08. The van der Waals surface area contributed by atoms with E-state index in [0.29, 0.717) is 24.3 Å². The molecule has 1 rings (SSSR count). The van der Waals surface area contributed by atoms with Crippen molar-refractivity contribution < 1.29 is 19.4 Å². The second-order valence-corrected chi connectivity index (χ2v) is 3.62. The molecule has 0 saturated heterocycles. The topological polar surface area (TPSA) is 63.6 Å². The van der Waals surface area contributed by atoms with Gasteiger partial charge in [0.15, 0.2) is 5.78 Å². The molecule has 0 amide bonds. The van der Waals surface area contributed by atoms with Gasteiger partial charge in [0.2, 0.25) is 0 Å². The molecule has 0 saturated carbocycles. The minimum Gasteiger partial charge on any atom is -0.494 e. The highest BCUT2D eigenvalue weighted by atomic mass is 16.5. The lowest BCUT2D eigenvalue weighted by Crippen LogP contribution is -2.23. The maximum Gasteiger partial charge on any atom is 0.314 e. The van der Waals surface area contributed by atoms with Crippen LogP contribution < -0.4 is 4.74 Å².